The lowest BCUT2D eigenvalue weighted by atomic mass is 9.90. The Balaban J connectivity index is 1.36. The fourth-order valence-corrected chi connectivity index (χ4v) is 4.34. The molecule has 2 fully saturated rings. The summed E-state index contributed by atoms with van der Waals surface area (Å²) < 4.78 is 5.24. The number of likely N-dealkylation sites (tertiary alicyclic amines) is 1. The molecule has 0 spiro atoms. The van der Waals surface area contributed by atoms with Crippen LogP contribution in [0, 0.1) is 11.8 Å². The molecule has 2 atom stereocenters. The van der Waals surface area contributed by atoms with Crippen LogP contribution in [0.4, 0.5) is 16.6 Å². The van der Waals surface area contributed by atoms with Gasteiger partial charge in [-0.25, -0.2) is 9.78 Å². The number of carbonyl (C=O) groups excluding carboxylic acids is 2. The zero-order valence-electron chi connectivity index (χ0n) is 18.8. The largest absolute Gasteiger partial charge is 0.447 e. The van der Waals surface area contributed by atoms with Crippen molar-refractivity contribution in [3.05, 3.63) is 42.4 Å². The Morgan fingerprint density at radius 2 is 1.84 bits per heavy atom. The molecule has 2 aliphatic heterocycles. The van der Waals surface area contributed by atoms with Gasteiger partial charge in [0.25, 0.3) is 5.91 Å². The molecule has 0 radical (unpaired) electrons. The number of piperidine rings is 1. The highest BCUT2D eigenvalue weighted by Crippen LogP contribution is 2.27. The van der Waals surface area contributed by atoms with Gasteiger partial charge in [0.05, 0.1) is 6.04 Å². The van der Waals surface area contributed by atoms with Gasteiger partial charge in [-0.2, -0.15) is 4.98 Å². The van der Waals surface area contributed by atoms with Crippen LogP contribution < -0.4 is 10.2 Å². The third-order valence-corrected chi connectivity index (χ3v) is 6.38. The van der Waals surface area contributed by atoms with Gasteiger partial charge in [0, 0.05) is 43.3 Å². The molecule has 2 amide bonds. The first kappa shape index (κ1) is 22.0. The maximum Gasteiger partial charge on any atom is 0.415 e. The van der Waals surface area contributed by atoms with Crippen LogP contribution in [0.2, 0.25) is 0 Å². The minimum atomic E-state index is -0.368. The highest BCUT2D eigenvalue weighted by molar-refractivity contribution is 5.94. The fourth-order valence-electron chi connectivity index (χ4n) is 4.34. The maximum atomic E-state index is 12.7. The minimum absolute atomic E-state index is 0.0371. The lowest BCUT2D eigenvalue weighted by Gasteiger charge is -2.35. The number of nitrogens with zero attached hydrogens (tertiary/aromatic N) is 5. The van der Waals surface area contributed by atoms with Crippen molar-refractivity contribution in [2.75, 3.05) is 29.9 Å². The van der Waals surface area contributed by atoms with E-state index in [4.69, 9.17) is 4.74 Å². The molecule has 0 bridgehead atoms. The van der Waals surface area contributed by atoms with Crippen molar-refractivity contribution in [1.29, 1.82) is 0 Å². The lowest BCUT2D eigenvalue weighted by molar-refractivity contribution is 0.0683. The molecule has 2 aromatic heterocycles. The molecule has 32 heavy (non-hydrogen) atoms. The van der Waals surface area contributed by atoms with Crippen LogP contribution in [0.25, 0.3) is 0 Å². The zero-order valence-corrected chi connectivity index (χ0v) is 18.8. The van der Waals surface area contributed by atoms with E-state index in [9.17, 15) is 9.59 Å². The van der Waals surface area contributed by atoms with E-state index in [1.807, 2.05) is 4.90 Å². The molecule has 9 nitrogen and oxygen atoms in total. The van der Waals surface area contributed by atoms with Crippen molar-refractivity contribution in [3.63, 3.8) is 0 Å². The Kier molecular flexibility index (Phi) is 6.53. The molecule has 9 heteroatoms. The summed E-state index contributed by atoms with van der Waals surface area (Å²) in [6.07, 6.45) is 6.39. The molecule has 0 aliphatic carbocycles. The number of rotatable bonds is 6. The van der Waals surface area contributed by atoms with Gasteiger partial charge >= 0.3 is 6.09 Å². The third kappa shape index (κ3) is 4.66. The first-order valence-corrected chi connectivity index (χ1v) is 11.2. The van der Waals surface area contributed by atoms with Crippen molar-refractivity contribution < 1.29 is 14.3 Å². The number of carbonyl (C=O) groups is 2. The van der Waals surface area contributed by atoms with E-state index in [-0.39, 0.29) is 30.0 Å². The first-order chi connectivity index (χ1) is 15.4. The van der Waals surface area contributed by atoms with Crippen LogP contribution in [0.1, 0.15) is 44.0 Å². The summed E-state index contributed by atoms with van der Waals surface area (Å²) in [5.74, 6) is 1.75. The average molecular weight is 439 g/mol. The second-order valence-electron chi connectivity index (χ2n) is 8.80. The number of aromatic nitrogens is 3. The van der Waals surface area contributed by atoms with Gasteiger partial charge in [-0.3, -0.25) is 14.7 Å². The molecule has 4 rings (SSSR count). The number of ether oxygens (including phenoxy) is 1. The second kappa shape index (κ2) is 9.50. The first-order valence-electron chi connectivity index (χ1n) is 11.2. The van der Waals surface area contributed by atoms with E-state index in [2.05, 4.69) is 41.0 Å². The maximum absolute atomic E-state index is 12.7. The summed E-state index contributed by atoms with van der Waals surface area (Å²) in [6.45, 7) is 8.04. The number of pyridine rings is 1. The lowest BCUT2D eigenvalue weighted by Crippen LogP contribution is -2.42. The molecule has 170 valence electrons. The number of hydrogen-bond acceptors (Lipinski definition) is 7. The predicted octanol–water partition coefficient (Wildman–Crippen LogP) is 3.21. The summed E-state index contributed by atoms with van der Waals surface area (Å²) in [5, 5.41) is 3.40. The highest BCUT2D eigenvalue weighted by atomic mass is 16.6. The van der Waals surface area contributed by atoms with Gasteiger partial charge in [0.1, 0.15) is 12.4 Å². The molecule has 2 saturated heterocycles. The molecular formula is C23H30N6O3. The highest BCUT2D eigenvalue weighted by Gasteiger charge is 2.37. The van der Waals surface area contributed by atoms with Gasteiger partial charge in [0.15, 0.2) is 0 Å². The van der Waals surface area contributed by atoms with Crippen LogP contribution in [-0.4, -0.2) is 63.6 Å². The molecule has 2 aromatic rings. The number of hydrogen-bond donors (Lipinski definition) is 1. The van der Waals surface area contributed by atoms with Crippen molar-refractivity contribution in [2.24, 2.45) is 11.8 Å². The molecule has 4 heterocycles. The summed E-state index contributed by atoms with van der Waals surface area (Å²) in [6, 6.07) is 5.34. The smallest absolute Gasteiger partial charge is 0.415 e. The fraction of sp³-hybridized carbons (Fsp3) is 0.522. The van der Waals surface area contributed by atoms with E-state index in [0.717, 1.165) is 12.8 Å². The van der Waals surface area contributed by atoms with Crippen LogP contribution in [0.3, 0.4) is 0 Å². The van der Waals surface area contributed by atoms with Crippen molar-refractivity contribution >= 4 is 23.8 Å². The molecule has 1 N–H and O–H groups in total. The Morgan fingerprint density at radius 1 is 1.12 bits per heavy atom. The SMILES string of the molecule is CC(C)[C@H]1COC(=O)N1c1ccnc(N[C@@H](C)C2CCN(C(=O)c3ccncc3)CC2)n1. The van der Waals surface area contributed by atoms with E-state index >= 15 is 0 Å². The number of amides is 2. The summed E-state index contributed by atoms with van der Waals surface area (Å²) in [7, 11) is 0. The van der Waals surface area contributed by atoms with E-state index < -0.39 is 0 Å². The normalized spacial score (nSPS) is 20.4. The summed E-state index contributed by atoms with van der Waals surface area (Å²) in [5.41, 5.74) is 0.676. The predicted molar refractivity (Wildman–Crippen MR) is 120 cm³/mol. The van der Waals surface area contributed by atoms with Gasteiger partial charge in [0.2, 0.25) is 5.95 Å². The Labute approximate surface area is 188 Å². The molecule has 0 unspecified atom stereocenters. The van der Waals surface area contributed by atoms with E-state index in [1.165, 1.54) is 0 Å². The van der Waals surface area contributed by atoms with Crippen LogP contribution in [0.15, 0.2) is 36.8 Å². The topological polar surface area (TPSA) is 101 Å². The third-order valence-electron chi connectivity index (χ3n) is 6.38. The van der Waals surface area contributed by atoms with E-state index in [1.54, 1.807) is 41.7 Å². The Morgan fingerprint density at radius 3 is 2.53 bits per heavy atom. The van der Waals surface area contributed by atoms with Crippen molar-refractivity contribution in [1.82, 2.24) is 19.9 Å². The van der Waals surface area contributed by atoms with Crippen molar-refractivity contribution in [2.45, 2.75) is 45.7 Å². The summed E-state index contributed by atoms with van der Waals surface area (Å²) in [4.78, 5) is 41.3. The molecule has 2 aliphatic rings. The second-order valence-corrected chi connectivity index (χ2v) is 8.80. The molecule has 0 aromatic carbocycles. The number of nitrogens with one attached hydrogen (secondary N) is 1. The van der Waals surface area contributed by atoms with Gasteiger partial charge in [-0.15, -0.1) is 0 Å². The van der Waals surface area contributed by atoms with E-state index in [0.29, 0.717) is 42.9 Å². The Hall–Kier alpha value is -3.23. The number of cyclic esters (lactones) is 1. The molecular weight excluding hydrogens is 408 g/mol. The van der Waals surface area contributed by atoms with Crippen LogP contribution in [-0.2, 0) is 4.74 Å². The standard InChI is InChI=1S/C23H30N6O3/c1-15(2)19-14-32-23(31)29(19)20-6-11-25-22(27-20)26-16(3)17-7-12-28(13-8-17)21(30)18-4-9-24-10-5-18/h4-6,9-11,15-17,19H,7-8,12-14H2,1-3H3,(H,25,26,27)/t16-,19+/m0/s1. The Bertz CT molecular complexity index is 946. The van der Waals surface area contributed by atoms with Gasteiger partial charge in [-0.1, -0.05) is 13.8 Å². The van der Waals surface area contributed by atoms with Crippen LogP contribution in [0.5, 0.6) is 0 Å². The summed E-state index contributed by atoms with van der Waals surface area (Å²) >= 11 is 0. The molecule has 0 saturated carbocycles. The zero-order chi connectivity index (χ0) is 22.7. The number of anilines is 2. The monoisotopic (exact) mass is 438 g/mol. The minimum Gasteiger partial charge on any atom is -0.447 e. The van der Waals surface area contributed by atoms with Crippen molar-refractivity contribution in [3.8, 4) is 0 Å². The van der Waals surface area contributed by atoms with Gasteiger partial charge in [-0.05, 0) is 49.8 Å². The average Bonchev–Trinajstić information content (AvgIpc) is 3.21. The van der Waals surface area contributed by atoms with Gasteiger partial charge < -0.3 is 15.0 Å². The van der Waals surface area contributed by atoms with Crippen LogP contribution >= 0.6 is 0 Å². The quantitative estimate of drug-likeness (QED) is 0.739.